The van der Waals surface area contributed by atoms with Crippen LogP contribution in [0, 0.1) is 0 Å². The largest absolute Gasteiger partial charge is 0.457 e. The molecule has 0 saturated carbocycles. The summed E-state index contributed by atoms with van der Waals surface area (Å²) in [5.74, 6) is -0.984. The highest BCUT2D eigenvalue weighted by atomic mass is 31.2. The van der Waals surface area contributed by atoms with Crippen molar-refractivity contribution in [3.63, 3.8) is 0 Å². The van der Waals surface area contributed by atoms with Crippen molar-refractivity contribution < 1.29 is 23.9 Å². The fourth-order valence-electron chi connectivity index (χ4n) is 6.73. The van der Waals surface area contributed by atoms with Gasteiger partial charge in [-0.2, -0.15) is 0 Å². The Morgan fingerprint density at radius 2 is 0.816 bits per heavy atom. The van der Waals surface area contributed by atoms with E-state index in [1.807, 2.05) is 42.5 Å². The molecule has 0 spiro atoms. The molecule has 0 saturated heterocycles. The number of hydrogen-bond donors (Lipinski definition) is 0. The first-order chi connectivity index (χ1) is 23.9. The van der Waals surface area contributed by atoms with Crippen LogP contribution in [0.5, 0.6) is 11.5 Å². The van der Waals surface area contributed by atoms with Crippen LogP contribution in [-0.4, -0.2) is 35.6 Å². The van der Waals surface area contributed by atoms with Crippen LogP contribution in [0.1, 0.15) is 41.4 Å². The minimum Gasteiger partial charge on any atom is -0.457 e. The monoisotopic (exact) mass is 659 g/mol. The second-order valence-corrected chi connectivity index (χ2v) is 15.2. The molecule has 7 nitrogen and oxygen atoms in total. The van der Waals surface area contributed by atoms with Crippen LogP contribution in [0.4, 0.5) is 5.69 Å². The average Bonchev–Trinajstić information content (AvgIpc) is 3.52. The van der Waals surface area contributed by atoms with E-state index in [0.717, 1.165) is 10.2 Å². The summed E-state index contributed by atoms with van der Waals surface area (Å²) in [5.41, 5.74) is 1.53. The molecule has 2 aliphatic heterocycles. The molecule has 0 fully saturated rings. The summed E-state index contributed by atoms with van der Waals surface area (Å²) in [6, 6.07) is 48.6. The quantitative estimate of drug-likeness (QED) is 0.152. The third-order valence-electron chi connectivity index (χ3n) is 9.08. The van der Waals surface area contributed by atoms with E-state index < -0.39 is 25.0 Å². The molecule has 0 aliphatic carbocycles. The van der Waals surface area contributed by atoms with E-state index in [-0.39, 0.29) is 22.6 Å². The predicted octanol–water partition coefficient (Wildman–Crippen LogP) is 6.12. The lowest BCUT2D eigenvalue weighted by Crippen LogP contribution is -2.38. The Balaban J connectivity index is 1.14. The molecule has 0 bridgehead atoms. The maximum absolute atomic E-state index is 13.8. The second-order valence-electron chi connectivity index (χ2n) is 11.8. The van der Waals surface area contributed by atoms with Gasteiger partial charge < -0.3 is 4.74 Å². The van der Waals surface area contributed by atoms with Crippen LogP contribution < -0.4 is 30.9 Å². The van der Waals surface area contributed by atoms with Crippen molar-refractivity contribution in [1.29, 1.82) is 0 Å². The smallest absolute Gasteiger partial charge is 0.266 e. The van der Waals surface area contributed by atoms with E-state index >= 15 is 0 Å². The first-order valence-corrected chi connectivity index (χ1v) is 17.5. The lowest BCUT2D eigenvalue weighted by atomic mass is 10.1. The highest BCUT2D eigenvalue weighted by molar-refractivity contribution is 8.01. The molecule has 236 valence electrons. The summed E-state index contributed by atoms with van der Waals surface area (Å²) >= 11 is 0. The molecule has 0 aromatic heterocycles. The molecule has 8 rings (SSSR count). The normalized spacial score (nSPS) is 13.9. The van der Waals surface area contributed by atoms with Crippen molar-refractivity contribution in [3.05, 3.63) is 174 Å². The Labute approximate surface area is 283 Å². The number of carbonyl (C=O) groups excluding carboxylic acids is 4. The maximum atomic E-state index is 13.8. The lowest BCUT2D eigenvalue weighted by Gasteiger charge is -2.28. The summed E-state index contributed by atoms with van der Waals surface area (Å²) in [6.45, 7) is 0. The standard InChI is InChI=1S/C41H28N2O5P/c1-42-38(44)34-23-19-28(25-36(34)39(42)45)48-29-20-24-35-37(26-29)41(47)43(40(35)46)27-17-21-33(22-18-27)49(30-11-5-2-6-12-30,31-13-7-3-8-14-31)32-15-9-4-10-16-32/h2-26H,1H3/q+1. The van der Waals surface area contributed by atoms with E-state index in [9.17, 15) is 19.2 Å². The van der Waals surface area contributed by atoms with E-state index in [2.05, 4.69) is 72.8 Å². The number of fused-ring (bicyclic) bond motifs is 2. The van der Waals surface area contributed by atoms with E-state index in [4.69, 9.17) is 4.74 Å². The van der Waals surface area contributed by atoms with Gasteiger partial charge in [-0.05, 0) is 97.1 Å². The minimum absolute atomic E-state index is 0.221. The van der Waals surface area contributed by atoms with Gasteiger partial charge in [-0.1, -0.05) is 54.6 Å². The number of amides is 4. The molecule has 4 amide bonds. The average molecular weight is 660 g/mol. The zero-order valence-electron chi connectivity index (χ0n) is 26.3. The molecule has 8 heteroatoms. The van der Waals surface area contributed by atoms with Gasteiger partial charge in [-0.15, -0.1) is 0 Å². The van der Waals surface area contributed by atoms with Gasteiger partial charge in [0.25, 0.3) is 23.6 Å². The predicted molar refractivity (Wildman–Crippen MR) is 192 cm³/mol. The van der Waals surface area contributed by atoms with Crippen molar-refractivity contribution in [2.24, 2.45) is 0 Å². The van der Waals surface area contributed by atoms with E-state index in [1.165, 1.54) is 40.0 Å². The third-order valence-corrected chi connectivity index (χ3v) is 13.4. The van der Waals surface area contributed by atoms with Crippen molar-refractivity contribution in [1.82, 2.24) is 4.90 Å². The Kier molecular flexibility index (Phi) is 7.28. The number of ether oxygens (including phenoxy) is 1. The van der Waals surface area contributed by atoms with Gasteiger partial charge in [0.1, 0.15) is 40.0 Å². The van der Waals surface area contributed by atoms with E-state index in [0.29, 0.717) is 22.7 Å². The fourth-order valence-corrected chi connectivity index (χ4v) is 11.0. The topological polar surface area (TPSA) is 84.0 Å². The number of nitrogens with zero attached hydrogens (tertiary/aromatic N) is 2. The fraction of sp³-hybridized carbons (Fsp3) is 0.0244. The van der Waals surface area contributed by atoms with Gasteiger partial charge in [0.2, 0.25) is 0 Å². The van der Waals surface area contributed by atoms with Crippen LogP contribution in [0.15, 0.2) is 152 Å². The molecule has 6 aromatic rings. The van der Waals surface area contributed by atoms with Crippen LogP contribution in [0.3, 0.4) is 0 Å². The molecule has 0 unspecified atom stereocenters. The Bertz CT molecular complexity index is 2190. The molecular formula is C41H28N2O5P+. The number of hydrogen-bond acceptors (Lipinski definition) is 5. The van der Waals surface area contributed by atoms with Gasteiger partial charge in [-0.3, -0.25) is 24.1 Å². The van der Waals surface area contributed by atoms with Gasteiger partial charge in [-0.25, -0.2) is 4.90 Å². The van der Waals surface area contributed by atoms with E-state index in [1.54, 1.807) is 24.3 Å². The minimum atomic E-state index is -2.35. The SMILES string of the molecule is CN1C(=O)c2ccc(Oc3ccc4c(c3)C(=O)N(c3ccc([P+](c5ccccc5)(c5ccccc5)c5ccccc5)cc3)C4=O)cc2C1=O. The summed E-state index contributed by atoms with van der Waals surface area (Å²) in [4.78, 5) is 54.4. The number of imide groups is 2. The first kappa shape index (κ1) is 30.2. The maximum Gasteiger partial charge on any atom is 0.266 e. The second kappa shape index (κ2) is 11.8. The number of benzene rings is 6. The van der Waals surface area contributed by atoms with Crippen molar-refractivity contribution in [2.75, 3.05) is 11.9 Å². The van der Waals surface area contributed by atoms with Gasteiger partial charge in [0, 0.05) is 7.05 Å². The molecule has 2 aliphatic rings. The number of anilines is 1. The zero-order valence-corrected chi connectivity index (χ0v) is 27.2. The summed E-state index contributed by atoms with van der Waals surface area (Å²) in [7, 11) is -0.918. The van der Waals surface area contributed by atoms with Gasteiger partial charge >= 0.3 is 0 Å². The number of carbonyl (C=O) groups is 4. The molecule has 49 heavy (non-hydrogen) atoms. The van der Waals surface area contributed by atoms with Crippen LogP contribution in [0.25, 0.3) is 0 Å². The van der Waals surface area contributed by atoms with Gasteiger partial charge in [0.15, 0.2) is 0 Å². The van der Waals surface area contributed by atoms with Crippen LogP contribution in [0.2, 0.25) is 0 Å². The van der Waals surface area contributed by atoms with Crippen LogP contribution in [-0.2, 0) is 0 Å². The highest BCUT2D eigenvalue weighted by Crippen LogP contribution is 2.54. The van der Waals surface area contributed by atoms with Crippen molar-refractivity contribution in [2.45, 2.75) is 0 Å². The molecule has 0 atom stereocenters. The summed E-state index contributed by atoms with van der Waals surface area (Å²) in [5, 5.41) is 4.67. The van der Waals surface area contributed by atoms with Crippen molar-refractivity contribution in [3.8, 4) is 11.5 Å². The molecule has 0 radical (unpaired) electrons. The van der Waals surface area contributed by atoms with Crippen LogP contribution >= 0.6 is 7.26 Å². The Hall–Kier alpha value is -6.17. The zero-order chi connectivity index (χ0) is 33.7. The molecule has 6 aromatic carbocycles. The number of rotatable bonds is 7. The van der Waals surface area contributed by atoms with Gasteiger partial charge in [0.05, 0.1) is 27.9 Å². The highest BCUT2D eigenvalue weighted by Gasteiger charge is 2.48. The molecule has 0 N–H and O–H groups in total. The Morgan fingerprint density at radius 1 is 0.429 bits per heavy atom. The molecule has 2 heterocycles. The molecular weight excluding hydrogens is 631 g/mol. The lowest BCUT2D eigenvalue weighted by molar-refractivity contribution is 0.0692. The van der Waals surface area contributed by atoms with Crippen molar-refractivity contribution >= 4 is 57.8 Å². The third kappa shape index (κ3) is 4.78. The Morgan fingerprint density at radius 3 is 1.31 bits per heavy atom. The first-order valence-electron chi connectivity index (χ1n) is 15.7. The summed E-state index contributed by atoms with van der Waals surface area (Å²) in [6.07, 6.45) is 0. The summed E-state index contributed by atoms with van der Waals surface area (Å²) < 4.78 is 5.99.